The fourth-order valence-electron chi connectivity index (χ4n) is 1.34. The Morgan fingerprint density at radius 2 is 2.29 bits per heavy atom. The number of rotatable bonds is 7. The van der Waals surface area contributed by atoms with Crippen LogP contribution in [0.3, 0.4) is 0 Å². The molecule has 0 fully saturated rings. The molecule has 1 rings (SSSR count). The molecule has 0 bridgehead atoms. The first-order valence-electron chi connectivity index (χ1n) is 6.63. The molecule has 2 N–H and O–H groups in total. The maximum Gasteiger partial charge on any atom is 0.187 e. The first kappa shape index (κ1) is 17.7. The van der Waals surface area contributed by atoms with Crippen molar-refractivity contribution in [1.29, 1.82) is 0 Å². The van der Waals surface area contributed by atoms with Gasteiger partial charge in [0.05, 0.1) is 17.3 Å². The quantitative estimate of drug-likeness (QED) is 0.334. The van der Waals surface area contributed by atoms with Crippen molar-refractivity contribution in [3.63, 3.8) is 0 Å². The lowest BCUT2D eigenvalue weighted by Gasteiger charge is -2.10. The second-order valence-electron chi connectivity index (χ2n) is 4.76. The number of hydrazone groups is 1. The summed E-state index contributed by atoms with van der Waals surface area (Å²) >= 11 is 8.52. The molecule has 0 saturated carbocycles. The predicted molar refractivity (Wildman–Crippen MR) is 96.0 cm³/mol. The van der Waals surface area contributed by atoms with Crippen LogP contribution < -0.4 is 15.5 Å². The van der Waals surface area contributed by atoms with Crippen molar-refractivity contribution < 1.29 is 4.74 Å². The summed E-state index contributed by atoms with van der Waals surface area (Å²) in [6, 6.07) is 5.80. The van der Waals surface area contributed by atoms with Gasteiger partial charge in [-0.15, -0.1) is 6.58 Å². The number of nitrogens with one attached hydrogen (secondary N) is 2. The Morgan fingerprint density at radius 1 is 1.52 bits per heavy atom. The molecule has 0 aromatic heterocycles. The summed E-state index contributed by atoms with van der Waals surface area (Å²) in [6.07, 6.45) is 3.42. The van der Waals surface area contributed by atoms with Gasteiger partial charge in [0.25, 0.3) is 0 Å². The molecular weight excluding hydrogens is 350 g/mol. The normalized spacial score (nSPS) is 10.7. The van der Waals surface area contributed by atoms with Crippen molar-refractivity contribution in [2.45, 2.75) is 13.8 Å². The fourth-order valence-corrected chi connectivity index (χ4v) is 1.99. The molecular formula is C15H20BrN3OS. The summed E-state index contributed by atoms with van der Waals surface area (Å²) < 4.78 is 6.60. The van der Waals surface area contributed by atoms with Crippen LogP contribution in [-0.2, 0) is 0 Å². The second-order valence-corrected chi connectivity index (χ2v) is 6.03. The summed E-state index contributed by atoms with van der Waals surface area (Å²) in [5, 5.41) is 7.45. The minimum atomic E-state index is 0.460. The van der Waals surface area contributed by atoms with E-state index in [4.69, 9.17) is 17.0 Å². The van der Waals surface area contributed by atoms with Gasteiger partial charge in [-0.2, -0.15) is 5.10 Å². The van der Waals surface area contributed by atoms with Gasteiger partial charge in [0.2, 0.25) is 0 Å². The summed E-state index contributed by atoms with van der Waals surface area (Å²) in [5.74, 6) is 1.32. The van der Waals surface area contributed by atoms with E-state index in [0.717, 1.165) is 15.8 Å². The van der Waals surface area contributed by atoms with Crippen LogP contribution in [0.5, 0.6) is 5.75 Å². The maximum atomic E-state index is 5.69. The first-order valence-corrected chi connectivity index (χ1v) is 7.83. The Balaban J connectivity index is 2.54. The number of thiocarbonyl (C=S) groups is 1. The molecule has 0 heterocycles. The average Bonchev–Trinajstić information content (AvgIpc) is 2.44. The largest absolute Gasteiger partial charge is 0.492 e. The molecule has 0 aliphatic rings. The minimum absolute atomic E-state index is 0.460. The minimum Gasteiger partial charge on any atom is -0.492 e. The van der Waals surface area contributed by atoms with Gasteiger partial charge in [-0.3, -0.25) is 5.43 Å². The Labute approximate surface area is 139 Å². The topological polar surface area (TPSA) is 45.7 Å². The molecule has 0 aliphatic heterocycles. The Hall–Kier alpha value is -1.40. The summed E-state index contributed by atoms with van der Waals surface area (Å²) in [5.41, 5.74) is 3.68. The predicted octanol–water partition coefficient (Wildman–Crippen LogP) is 3.47. The van der Waals surface area contributed by atoms with Crippen molar-refractivity contribution in [2.75, 3.05) is 13.2 Å². The van der Waals surface area contributed by atoms with E-state index in [1.165, 1.54) is 0 Å². The molecule has 0 spiro atoms. The van der Waals surface area contributed by atoms with Crippen LogP contribution in [0.1, 0.15) is 19.4 Å². The zero-order chi connectivity index (χ0) is 15.7. The van der Waals surface area contributed by atoms with Crippen LogP contribution in [0.4, 0.5) is 0 Å². The van der Waals surface area contributed by atoms with E-state index in [-0.39, 0.29) is 0 Å². The Bertz CT molecular complexity index is 518. The summed E-state index contributed by atoms with van der Waals surface area (Å²) in [4.78, 5) is 0. The van der Waals surface area contributed by atoms with Crippen LogP contribution in [0.2, 0.25) is 0 Å². The standard InChI is InChI=1S/C15H20BrN3OS/c1-4-7-17-15(21)19-18-9-12-5-6-14(13(16)8-12)20-10-11(2)3/h4-6,8-9,11H,1,7,10H2,2-3H3,(H2,17,19,21)/b18-9-. The Morgan fingerprint density at radius 3 is 2.90 bits per heavy atom. The molecule has 0 aliphatic carbocycles. The van der Waals surface area contributed by atoms with Gasteiger partial charge >= 0.3 is 0 Å². The molecule has 114 valence electrons. The highest BCUT2D eigenvalue weighted by molar-refractivity contribution is 9.10. The third-order valence-electron chi connectivity index (χ3n) is 2.31. The van der Waals surface area contributed by atoms with E-state index < -0.39 is 0 Å². The van der Waals surface area contributed by atoms with E-state index in [1.807, 2.05) is 18.2 Å². The maximum absolute atomic E-state index is 5.69. The number of halogens is 1. The lowest BCUT2D eigenvalue weighted by molar-refractivity contribution is 0.269. The van der Waals surface area contributed by atoms with Gasteiger partial charge in [0.1, 0.15) is 5.75 Å². The lowest BCUT2D eigenvalue weighted by Crippen LogP contribution is -2.31. The van der Waals surface area contributed by atoms with Gasteiger partial charge in [-0.05, 0) is 57.8 Å². The summed E-state index contributed by atoms with van der Waals surface area (Å²) in [7, 11) is 0. The lowest BCUT2D eigenvalue weighted by atomic mass is 10.2. The van der Waals surface area contributed by atoms with Crippen molar-refractivity contribution in [2.24, 2.45) is 11.0 Å². The van der Waals surface area contributed by atoms with Crippen molar-refractivity contribution >= 4 is 39.5 Å². The number of nitrogens with zero attached hydrogens (tertiary/aromatic N) is 1. The number of hydrogen-bond acceptors (Lipinski definition) is 3. The summed E-state index contributed by atoms with van der Waals surface area (Å²) in [6.45, 7) is 9.13. The number of hydrogen-bond donors (Lipinski definition) is 2. The zero-order valence-electron chi connectivity index (χ0n) is 12.2. The van der Waals surface area contributed by atoms with Crippen LogP contribution in [0.15, 0.2) is 40.4 Å². The van der Waals surface area contributed by atoms with Crippen LogP contribution >= 0.6 is 28.1 Å². The highest BCUT2D eigenvalue weighted by Gasteiger charge is 2.03. The van der Waals surface area contributed by atoms with Crippen LogP contribution in [-0.4, -0.2) is 24.5 Å². The third kappa shape index (κ3) is 7.24. The van der Waals surface area contributed by atoms with Gasteiger partial charge in [0, 0.05) is 6.54 Å². The molecule has 0 unspecified atom stereocenters. The van der Waals surface area contributed by atoms with E-state index in [1.54, 1.807) is 12.3 Å². The molecule has 0 atom stereocenters. The molecule has 4 nitrogen and oxygen atoms in total. The zero-order valence-corrected chi connectivity index (χ0v) is 14.6. The van der Waals surface area contributed by atoms with Crippen molar-refractivity contribution in [3.05, 3.63) is 40.9 Å². The molecule has 1 aromatic rings. The first-order chi connectivity index (χ1) is 10.0. The molecule has 1 aromatic carbocycles. The molecule has 0 saturated heterocycles. The van der Waals surface area contributed by atoms with E-state index in [0.29, 0.717) is 24.2 Å². The van der Waals surface area contributed by atoms with Crippen molar-refractivity contribution in [3.8, 4) is 5.75 Å². The number of ether oxygens (including phenoxy) is 1. The third-order valence-corrected chi connectivity index (χ3v) is 3.17. The van der Waals surface area contributed by atoms with Crippen LogP contribution in [0.25, 0.3) is 0 Å². The average molecular weight is 370 g/mol. The number of benzene rings is 1. The van der Waals surface area contributed by atoms with E-state index >= 15 is 0 Å². The van der Waals surface area contributed by atoms with Crippen molar-refractivity contribution in [1.82, 2.24) is 10.7 Å². The molecule has 0 amide bonds. The molecule has 0 radical (unpaired) electrons. The highest BCUT2D eigenvalue weighted by atomic mass is 79.9. The van der Waals surface area contributed by atoms with E-state index in [2.05, 4.69) is 52.2 Å². The van der Waals surface area contributed by atoms with Gasteiger partial charge in [0.15, 0.2) is 5.11 Å². The highest BCUT2D eigenvalue weighted by Crippen LogP contribution is 2.25. The Kier molecular flexibility index (Phi) is 8.00. The van der Waals surface area contributed by atoms with E-state index in [9.17, 15) is 0 Å². The SMILES string of the molecule is C=CCNC(=S)N/N=C\c1ccc(OCC(C)C)c(Br)c1. The second kappa shape index (κ2) is 9.52. The smallest absolute Gasteiger partial charge is 0.187 e. The van der Waals surface area contributed by atoms with Gasteiger partial charge in [-0.1, -0.05) is 19.9 Å². The van der Waals surface area contributed by atoms with Gasteiger partial charge in [-0.25, -0.2) is 0 Å². The molecule has 21 heavy (non-hydrogen) atoms. The van der Waals surface area contributed by atoms with Gasteiger partial charge < -0.3 is 10.1 Å². The van der Waals surface area contributed by atoms with Crippen LogP contribution in [0, 0.1) is 5.92 Å². The monoisotopic (exact) mass is 369 g/mol. The fraction of sp³-hybridized carbons (Fsp3) is 0.333. The molecule has 6 heteroatoms.